The topological polar surface area (TPSA) is 72.2 Å². The van der Waals surface area contributed by atoms with Gasteiger partial charge in [-0.15, -0.1) is 0 Å². The highest BCUT2D eigenvalue weighted by molar-refractivity contribution is 9.10. The Bertz CT molecular complexity index is 802. The van der Waals surface area contributed by atoms with Gasteiger partial charge >= 0.3 is 0 Å². The van der Waals surface area contributed by atoms with Gasteiger partial charge in [0.05, 0.1) is 5.56 Å². The molecule has 1 atom stereocenters. The van der Waals surface area contributed by atoms with E-state index in [0.717, 1.165) is 12.1 Å². The third-order valence-electron chi connectivity index (χ3n) is 3.28. The van der Waals surface area contributed by atoms with Crippen LogP contribution in [-0.2, 0) is 11.2 Å². The lowest BCUT2D eigenvalue weighted by Gasteiger charge is -2.17. The summed E-state index contributed by atoms with van der Waals surface area (Å²) in [6, 6.07) is 7.02. The molecule has 0 saturated heterocycles. The van der Waals surface area contributed by atoms with E-state index in [9.17, 15) is 18.4 Å². The number of benzene rings is 2. The smallest absolute Gasteiger partial charge is 0.255 e. The molecule has 0 spiro atoms. The van der Waals surface area contributed by atoms with E-state index >= 15 is 0 Å². The minimum Gasteiger partial charge on any atom is -0.368 e. The zero-order chi connectivity index (χ0) is 17.9. The largest absolute Gasteiger partial charge is 0.368 e. The average Bonchev–Trinajstić information content (AvgIpc) is 2.52. The minimum atomic E-state index is -1.29. The number of primary amides is 1. The van der Waals surface area contributed by atoms with Crippen molar-refractivity contribution in [3.05, 3.63) is 68.7 Å². The second-order valence-electron chi connectivity index (χ2n) is 4.97. The Labute approximate surface area is 150 Å². The molecule has 0 heterocycles. The number of nitrogens with two attached hydrogens (primary N) is 1. The van der Waals surface area contributed by atoms with E-state index in [1.807, 2.05) is 0 Å². The summed E-state index contributed by atoms with van der Waals surface area (Å²) in [7, 11) is 0. The van der Waals surface area contributed by atoms with Crippen molar-refractivity contribution >= 4 is 39.3 Å². The van der Waals surface area contributed by atoms with Gasteiger partial charge in [-0.1, -0.05) is 33.6 Å². The standard InChI is InChI=1S/C16H12BrClF2N2O2/c17-11-5-4-9(18)6-8(11)7-13(15(21)23)22-16(24)10-2-1-3-12(19)14(10)20/h1-6,13H,7H2,(H2,21,23)(H,22,24)/t13-/m1/s1. The van der Waals surface area contributed by atoms with E-state index in [1.54, 1.807) is 18.2 Å². The molecule has 0 radical (unpaired) electrons. The van der Waals surface area contributed by atoms with Crippen molar-refractivity contribution in [3.63, 3.8) is 0 Å². The Morgan fingerprint density at radius 3 is 2.62 bits per heavy atom. The lowest BCUT2D eigenvalue weighted by Crippen LogP contribution is -2.46. The highest BCUT2D eigenvalue weighted by atomic mass is 79.9. The molecule has 0 bridgehead atoms. The molecular weight excluding hydrogens is 406 g/mol. The molecule has 3 N–H and O–H groups in total. The molecule has 0 aliphatic heterocycles. The molecule has 0 fully saturated rings. The highest BCUT2D eigenvalue weighted by Gasteiger charge is 2.23. The molecule has 0 aliphatic rings. The first-order chi connectivity index (χ1) is 11.3. The molecule has 0 unspecified atom stereocenters. The zero-order valence-electron chi connectivity index (χ0n) is 12.2. The number of halogens is 4. The second-order valence-corrected chi connectivity index (χ2v) is 6.26. The summed E-state index contributed by atoms with van der Waals surface area (Å²) in [6.07, 6.45) is 0.0408. The van der Waals surface area contributed by atoms with E-state index in [2.05, 4.69) is 21.2 Å². The van der Waals surface area contributed by atoms with Crippen molar-refractivity contribution in [2.24, 2.45) is 5.73 Å². The van der Waals surface area contributed by atoms with Crippen molar-refractivity contribution in [3.8, 4) is 0 Å². The SMILES string of the molecule is NC(=O)[C@@H](Cc1cc(Cl)ccc1Br)NC(=O)c1cccc(F)c1F. The van der Waals surface area contributed by atoms with Crippen molar-refractivity contribution in [1.29, 1.82) is 0 Å². The average molecular weight is 418 g/mol. The maximum Gasteiger partial charge on any atom is 0.255 e. The molecule has 24 heavy (non-hydrogen) atoms. The van der Waals surface area contributed by atoms with Crippen molar-refractivity contribution in [2.75, 3.05) is 0 Å². The molecule has 2 amide bonds. The molecule has 4 nitrogen and oxygen atoms in total. The van der Waals surface area contributed by atoms with Gasteiger partial charge in [-0.05, 0) is 35.9 Å². The van der Waals surface area contributed by atoms with Crippen LogP contribution in [0.3, 0.4) is 0 Å². The molecule has 0 aromatic heterocycles. The van der Waals surface area contributed by atoms with Gasteiger partial charge in [-0.2, -0.15) is 0 Å². The highest BCUT2D eigenvalue weighted by Crippen LogP contribution is 2.22. The number of amides is 2. The minimum absolute atomic E-state index is 0.0408. The molecule has 126 valence electrons. The van der Waals surface area contributed by atoms with Gasteiger partial charge in [-0.3, -0.25) is 9.59 Å². The monoisotopic (exact) mass is 416 g/mol. The summed E-state index contributed by atoms with van der Waals surface area (Å²) in [5.41, 5.74) is 5.42. The normalized spacial score (nSPS) is 11.8. The first-order valence-electron chi connectivity index (χ1n) is 6.77. The Morgan fingerprint density at radius 1 is 1.25 bits per heavy atom. The number of carbonyl (C=O) groups excluding carboxylic acids is 2. The Morgan fingerprint density at radius 2 is 1.96 bits per heavy atom. The predicted molar refractivity (Wildman–Crippen MR) is 89.7 cm³/mol. The number of carbonyl (C=O) groups is 2. The fraction of sp³-hybridized carbons (Fsp3) is 0.125. The summed E-state index contributed by atoms with van der Waals surface area (Å²) in [5.74, 6) is -4.20. The van der Waals surface area contributed by atoms with Crippen LogP contribution in [0.5, 0.6) is 0 Å². The zero-order valence-corrected chi connectivity index (χ0v) is 14.5. The first kappa shape index (κ1) is 18.4. The second kappa shape index (κ2) is 7.72. The number of hydrogen-bond acceptors (Lipinski definition) is 2. The molecule has 8 heteroatoms. The quantitative estimate of drug-likeness (QED) is 0.784. The summed E-state index contributed by atoms with van der Waals surface area (Å²) in [6.45, 7) is 0. The lowest BCUT2D eigenvalue weighted by atomic mass is 10.0. The van der Waals surface area contributed by atoms with Crippen LogP contribution in [0.4, 0.5) is 8.78 Å². The van der Waals surface area contributed by atoms with Crippen LogP contribution in [0.15, 0.2) is 40.9 Å². The van der Waals surface area contributed by atoms with Crippen LogP contribution in [0, 0.1) is 11.6 Å². The van der Waals surface area contributed by atoms with Gasteiger partial charge in [0.2, 0.25) is 5.91 Å². The fourth-order valence-corrected chi connectivity index (χ4v) is 2.66. The fourth-order valence-electron chi connectivity index (χ4n) is 2.06. The third-order valence-corrected chi connectivity index (χ3v) is 4.29. The molecule has 2 aromatic carbocycles. The Balaban J connectivity index is 2.22. The first-order valence-corrected chi connectivity index (χ1v) is 7.95. The van der Waals surface area contributed by atoms with Crippen LogP contribution < -0.4 is 11.1 Å². The summed E-state index contributed by atoms with van der Waals surface area (Å²) in [4.78, 5) is 23.7. The summed E-state index contributed by atoms with van der Waals surface area (Å²) < 4.78 is 27.6. The van der Waals surface area contributed by atoms with E-state index in [1.165, 1.54) is 6.07 Å². The van der Waals surface area contributed by atoms with Crippen LogP contribution in [0.2, 0.25) is 5.02 Å². The van der Waals surface area contributed by atoms with Crippen molar-refractivity contribution in [1.82, 2.24) is 5.32 Å². The van der Waals surface area contributed by atoms with E-state index in [4.69, 9.17) is 17.3 Å². The molecule has 0 saturated carbocycles. The van der Waals surface area contributed by atoms with Gasteiger partial charge in [0.15, 0.2) is 11.6 Å². The van der Waals surface area contributed by atoms with Crippen LogP contribution >= 0.6 is 27.5 Å². The summed E-state index contributed by atoms with van der Waals surface area (Å²) in [5, 5.41) is 2.76. The maximum absolute atomic E-state index is 13.7. The number of nitrogens with one attached hydrogen (secondary N) is 1. The van der Waals surface area contributed by atoms with Crippen molar-refractivity contribution < 1.29 is 18.4 Å². The maximum atomic E-state index is 13.7. The molecular formula is C16H12BrClF2N2O2. The Hall–Kier alpha value is -1.99. The van der Waals surface area contributed by atoms with Gasteiger partial charge in [-0.25, -0.2) is 8.78 Å². The van der Waals surface area contributed by atoms with Crippen LogP contribution in [0.25, 0.3) is 0 Å². The van der Waals surface area contributed by atoms with E-state index < -0.39 is 35.1 Å². The molecule has 2 rings (SSSR count). The van der Waals surface area contributed by atoms with Gasteiger partial charge in [0.25, 0.3) is 5.91 Å². The van der Waals surface area contributed by atoms with Crippen molar-refractivity contribution in [2.45, 2.75) is 12.5 Å². The van der Waals surface area contributed by atoms with Gasteiger partial charge in [0.1, 0.15) is 6.04 Å². The van der Waals surface area contributed by atoms with Gasteiger partial charge < -0.3 is 11.1 Å². The molecule has 0 aliphatic carbocycles. The van der Waals surface area contributed by atoms with E-state index in [-0.39, 0.29) is 6.42 Å². The van der Waals surface area contributed by atoms with E-state index in [0.29, 0.717) is 15.1 Å². The Kier molecular flexibility index (Phi) is 5.90. The summed E-state index contributed by atoms with van der Waals surface area (Å²) >= 11 is 9.21. The predicted octanol–water partition coefficient (Wildman–Crippen LogP) is 3.21. The molecule has 2 aromatic rings. The van der Waals surface area contributed by atoms with Crippen LogP contribution in [-0.4, -0.2) is 17.9 Å². The lowest BCUT2D eigenvalue weighted by molar-refractivity contribution is -0.119. The third kappa shape index (κ3) is 4.30. The number of rotatable bonds is 5. The number of hydrogen-bond donors (Lipinski definition) is 2. The van der Waals surface area contributed by atoms with Gasteiger partial charge in [0, 0.05) is 15.9 Å². The van der Waals surface area contributed by atoms with Crippen LogP contribution in [0.1, 0.15) is 15.9 Å².